The number of nitrogens with one attached hydrogen (secondary N) is 2. The second-order valence-corrected chi connectivity index (χ2v) is 6.43. The molecule has 1 aromatic rings. The summed E-state index contributed by atoms with van der Waals surface area (Å²) in [4.78, 5) is 4.23. The van der Waals surface area contributed by atoms with Crippen LogP contribution in [0.3, 0.4) is 0 Å². The van der Waals surface area contributed by atoms with Gasteiger partial charge in [-0.05, 0) is 58.7 Å². The van der Waals surface area contributed by atoms with Gasteiger partial charge < -0.3 is 15.4 Å². The van der Waals surface area contributed by atoms with E-state index in [9.17, 15) is 0 Å². The standard InChI is InChI=1S/C17H29N3O.HI/c1-13(2)21-15-9-7-14(8-10-15)11-12-19-16(18-6)20-17(3,4)5;/h7-10,13H,11-12H2,1-6H3,(H2,18,19,20);1H. The fourth-order valence-electron chi connectivity index (χ4n) is 1.87. The van der Waals surface area contributed by atoms with E-state index < -0.39 is 0 Å². The van der Waals surface area contributed by atoms with Crippen LogP contribution < -0.4 is 15.4 Å². The molecule has 2 N–H and O–H groups in total. The molecule has 0 radical (unpaired) electrons. The van der Waals surface area contributed by atoms with Crippen molar-refractivity contribution in [3.05, 3.63) is 29.8 Å². The Balaban J connectivity index is 0.00000441. The Bertz CT molecular complexity index is 450. The lowest BCUT2D eigenvalue weighted by Crippen LogP contribution is -2.48. The molecule has 0 aliphatic heterocycles. The van der Waals surface area contributed by atoms with E-state index >= 15 is 0 Å². The van der Waals surface area contributed by atoms with E-state index in [-0.39, 0.29) is 35.6 Å². The van der Waals surface area contributed by atoms with Crippen molar-refractivity contribution in [2.24, 2.45) is 4.99 Å². The highest BCUT2D eigenvalue weighted by atomic mass is 127. The van der Waals surface area contributed by atoms with E-state index in [0.29, 0.717) is 0 Å². The molecular formula is C17H30IN3O. The summed E-state index contributed by atoms with van der Waals surface area (Å²) in [5.41, 5.74) is 1.29. The molecule has 0 fully saturated rings. The third kappa shape index (κ3) is 9.12. The second-order valence-electron chi connectivity index (χ2n) is 6.43. The van der Waals surface area contributed by atoms with Gasteiger partial charge in [-0.1, -0.05) is 12.1 Å². The summed E-state index contributed by atoms with van der Waals surface area (Å²) >= 11 is 0. The smallest absolute Gasteiger partial charge is 0.191 e. The molecular weight excluding hydrogens is 389 g/mol. The van der Waals surface area contributed by atoms with Crippen LogP contribution in [0.4, 0.5) is 0 Å². The topological polar surface area (TPSA) is 45.7 Å². The van der Waals surface area contributed by atoms with Crippen LogP contribution >= 0.6 is 24.0 Å². The highest BCUT2D eigenvalue weighted by molar-refractivity contribution is 14.0. The maximum atomic E-state index is 5.64. The number of hydrogen-bond donors (Lipinski definition) is 2. The number of rotatable bonds is 5. The first-order valence-electron chi connectivity index (χ1n) is 7.54. The monoisotopic (exact) mass is 419 g/mol. The van der Waals surface area contributed by atoms with Crippen molar-refractivity contribution in [3.63, 3.8) is 0 Å². The Hall–Kier alpha value is -0.980. The van der Waals surface area contributed by atoms with E-state index in [2.05, 4.69) is 48.5 Å². The lowest BCUT2D eigenvalue weighted by molar-refractivity contribution is 0.242. The van der Waals surface area contributed by atoms with Crippen LogP contribution in [0.15, 0.2) is 29.3 Å². The molecule has 4 nitrogen and oxygen atoms in total. The Kier molecular flexibility index (Phi) is 9.48. The summed E-state index contributed by atoms with van der Waals surface area (Å²) in [6.45, 7) is 11.3. The average Bonchev–Trinajstić information content (AvgIpc) is 2.37. The van der Waals surface area contributed by atoms with Crippen molar-refractivity contribution in [2.45, 2.75) is 52.7 Å². The first-order chi connectivity index (χ1) is 9.80. The van der Waals surface area contributed by atoms with Gasteiger partial charge in [-0.2, -0.15) is 0 Å². The minimum absolute atomic E-state index is 0. The van der Waals surface area contributed by atoms with Gasteiger partial charge in [-0.15, -0.1) is 24.0 Å². The third-order valence-corrected chi connectivity index (χ3v) is 2.72. The lowest BCUT2D eigenvalue weighted by atomic mass is 10.1. The summed E-state index contributed by atoms with van der Waals surface area (Å²) in [7, 11) is 1.79. The van der Waals surface area contributed by atoms with E-state index in [1.54, 1.807) is 7.05 Å². The summed E-state index contributed by atoms with van der Waals surface area (Å²) < 4.78 is 5.64. The summed E-state index contributed by atoms with van der Waals surface area (Å²) in [6.07, 6.45) is 1.16. The van der Waals surface area contributed by atoms with Crippen LogP contribution in [0.5, 0.6) is 5.75 Å². The van der Waals surface area contributed by atoms with Crippen LogP contribution in [-0.4, -0.2) is 31.2 Å². The Labute approximate surface area is 152 Å². The Morgan fingerprint density at radius 1 is 1.18 bits per heavy atom. The first kappa shape index (κ1) is 21.0. The summed E-state index contributed by atoms with van der Waals surface area (Å²) in [5, 5.41) is 6.67. The number of nitrogens with zero attached hydrogens (tertiary/aromatic N) is 1. The minimum atomic E-state index is 0. The highest BCUT2D eigenvalue weighted by Gasteiger charge is 2.11. The Morgan fingerprint density at radius 3 is 2.23 bits per heavy atom. The van der Waals surface area contributed by atoms with Crippen molar-refractivity contribution in [3.8, 4) is 5.75 Å². The van der Waals surface area contributed by atoms with Gasteiger partial charge in [0.05, 0.1) is 6.10 Å². The SMILES string of the molecule is CN=C(NCCc1ccc(OC(C)C)cc1)NC(C)(C)C.I. The van der Waals surface area contributed by atoms with Gasteiger partial charge in [0.15, 0.2) is 5.96 Å². The summed E-state index contributed by atoms with van der Waals surface area (Å²) in [6, 6.07) is 8.27. The molecule has 126 valence electrons. The predicted octanol–water partition coefficient (Wildman–Crippen LogP) is 3.60. The van der Waals surface area contributed by atoms with Crippen LogP contribution in [0, 0.1) is 0 Å². The molecule has 0 heterocycles. The van der Waals surface area contributed by atoms with Crippen molar-refractivity contribution >= 4 is 29.9 Å². The van der Waals surface area contributed by atoms with Crippen LogP contribution in [0.1, 0.15) is 40.2 Å². The first-order valence-corrected chi connectivity index (χ1v) is 7.54. The molecule has 1 aromatic carbocycles. The van der Waals surface area contributed by atoms with E-state index in [1.165, 1.54) is 5.56 Å². The molecule has 1 rings (SSSR count). The molecule has 0 amide bonds. The molecule has 0 aromatic heterocycles. The number of hydrogen-bond acceptors (Lipinski definition) is 2. The zero-order chi connectivity index (χ0) is 15.9. The lowest BCUT2D eigenvalue weighted by Gasteiger charge is -2.23. The van der Waals surface area contributed by atoms with Gasteiger partial charge in [0.2, 0.25) is 0 Å². The molecule has 0 unspecified atom stereocenters. The fraction of sp³-hybridized carbons (Fsp3) is 0.588. The predicted molar refractivity (Wildman–Crippen MR) is 106 cm³/mol. The maximum absolute atomic E-state index is 5.64. The normalized spacial score (nSPS) is 11.9. The summed E-state index contributed by atoms with van der Waals surface area (Å²) in [5.74, 6) is 1.76. The number of halogens is 1. The van der Waals surface area contributed by atoms with E-state index in [1.807, 2.05) is 26.0 Å². The highest BCUT2D eigenvalue weighted by Crippen LogP contribution is 2.13. The molecule has 5 heteroatoms. The molecule has 0 saturated heterocycles. The molecule has 0 aliphatic rings. The Morgan fingerprint density at radius 2 is 1.77 bits per heavy atom. The van der Waals surface area contributed by atoms with Gasteiger partial charge >= 0.3 is 0 Å². The number of benzene rings is 1. The average molecular weight is 419 g/mol. The molecule has 0 aliphatic carbocycles. The van der Waals surface area contributed by atoms with E-state index in [0.717, 1.165) is 24.7 Å². The van der Waals surface area contributed by atoms with E-state index in [4.69, 9.17) is 4.74 Å². The largest absolute Gasteiger partial charge is 0.491 e. The van der Waals surface area contributed by atoms with Gasteiger partial charge in [0.25, 0.3) is 0 Å². The van der Waals surface area contributed by atoms with Gasteiger partial charge in [0, 0.05) is 19.1 Å². The molecule has 0 spiro atoms. The zero-order valence-corrected chi connectivity index (χ0v) is 16.9. The van der Waals surface area contributed by atoms with Gasteiger partial charge in [0.1, 0.15) is 5.75 Å². The zero-order valence-electron chi connectivity index (χ0n) is 14.6. The van der Waals surface area contributed by atoms with Crippen LogP contribution in [-0.2, 0) is 6.42 Å². The van der Waals surface area contributed by atoms with Gasteiger partial charge in [-0.3, -0.25) is 4.99 Å². The number of aliphatic imine (C=N–C) groups is 1. The van der Waals surface area contributed by atoms with Crippen LogP contribution in [0.2, 0.25) is 0 Å². The molecule has 22 heavy (non-hydrogen) atoms. The maximum Gasteiger partial charge on any atom is 0.191 e. The fourth-order valence-corrected chi connectivity index (χ4v) is 1.87. The minimum Gasteiger partial charge on any atom is -0.491 e. The second kappa shape index (κ2) is 9.92. The molecule has 0 saturated carbocycles. The number of ether oxygens (including phenoxy) is 1. The van der Waals surface area contributed by atoms with Crippen molar-refractivity contribution < 1.29 is 4.74 Å². The van der Waals surface area contributed by atoms with Crippen molar-refractivity contribution in [1.29, 1.82) is 0 Å². The number of guanidine groups is 1. The van der Waals surface area contributed by atoms with Crippen molar-refractivity contribution in [2.75, 3.05) is 13.6 Å². The van der Waals surface area contributed by atoms with Crippen LogP contribution in [0.25, 0.3) is 0 Å². The quantitative estimate of drug-likeness (QED) is 0.436. The molecule has 0 atom stereocenters. The van der Waals surface area contributed by atoms with Crippen molar-refractivity contribution in [1.82, 2.24) is 10.6 Å². The molecule has 0 bridgehead atoms. The third-order valence-electron chi connectivity index (χ3n) is 2.72. The van der Waals surface area contributed by atoms with Gasteiger partial charge in [-0.25, -0.2) is 0 Å².